The Balaban J connectivity index is 1.80. The highest BCUT2D eigenvalue weighted by molar-refractivity contribution is 7.10. The molecule has 6 heteroatoms. The number of likely N-dealkylation sites (N-methyl/N-ethyl adjacent to an activating group) is 1. The van der Waals surface area contributed by atoms with E-state index in [-0.39, 0.29) is 31.2 Å². The smallest absolute Gasteiger partial charge is 0.223 e. The fraction of sp³-hybridized carbons (Fsp3) is 0.625. The largest absolute Gasteiger partial charge is 0.389 e. The van der Waals surface area contributed by atoms with E-state index in [1.807, 2.05) is 4.90 Å². The minimum atomic E-state index is -0.920. The van der Waals surface area contributed by atoms with Gasteiger partial charge in [-0.25, -0.2) is 0 Å². The number of rotatable bonds is 5. The van der Waals surface area contributed by atoms with Crippen molar-refractivity contribution in [3.63, 3.8) is 0 Å². The zero-order chi connectivity index (χ0) is 16.3. The third-order valence-corrected chi connectivity index (χ3v) is 4.79. The second kappa shape index (κ2) is 6.79. The van der Waals surface area contributed by atoms with Crippen molar-refractivity contribution >= 4 is 23.2 Å². The molecule has 0 bridgehead atoms. The Morgan fingerprint density at radius 2 is 2.14 bits per heavy atom. The van der Waals surface area contributed by atoms with Crippen molar-refractivity contribution in [3.05, 3.63) is 21.9 Å². The summed E-state index contributed by atoms with van der Waals surface area (Å²) < 4.78 is 0. The van der Waals surface area contributed by atoms with E-state index in [2.05, 4.69) is 11.4 Å². The number of fused-ring (bicyclic) bond motifs is 1. The summed E-state index contributed by atoms with van der Waals surface area (Å²) in [5.74, 6) is -0.0782. The lowest BCUT2D eigenvalue weighted by molar-refractivity contribution is -0.138. The zero-order valence-corrected chi connectivity index (χ0v) is 14.3. The lowest BCUT2D eigenvalue weighted by Gasteiger charge is -2.28. The van der Waals surface area contributed by atoms with Crippen LogP contribution in [-0.4, -0.2) is 52.5 Å². The van der Waals surface area contributed by atoms with Crippen LogP contribution in [-0.2, 0) is 22.6 Å². The lowest BCUT2D eigenvalue weighted by Crippen LogP contribution is -2.40. The highest BCUT2D eigenvalue weighted by Gasteiger charge is 2.23. The molecule has 0 radical (unpaired) electrons. The first-order valence-corrected chi connectivity index (χ1v) is 8.43. The second-order valence-electron chi connectivity index (χ2n) is 6.50. The Bertz CT molecular complexity index is 548. The van der Waals surface area contributed by atoms with Gasteiger partial charge in [0.15, 0.2) is 0 Å². The maximum atomic E-state index is 12.3. The monoisotopic (exact) mass is 324 g/mol. The van der Waals surface area contributed by atoms with E-state index in [0.717, 1.165) is 13.0 Å². The average molecular weight is 324 g/mol. The number of nitrogens with zero attached hydrogens (tertiary/aromatic N) is 2. The molecule has 0 fully saturated rings. The van der Waals surface area contributed by atoms with Crippen LogP contribution in [0.2, 0.25) is 0 Å². The van der Waals surface area contributed by atoms with Gasteiger partial charge >= 0.3 is 0 Å². The standard InChI is InChI=1S/C16H24N2O3S/c1-16(2,21)11-17(3)14(19)4-5-15(20)18-8-6-13-12(10-18)7-9-22-13/h7,9,21H,4-6,8,10-11H2,1-3H3. The number of hydrogen-bond donors (Lipinski definition) is 1. The summed E-state index contributed by atoms with van der Waals surface area (Å²) in [5, 5.41) is 11.8. The second-order valence-corrected chi connectivity index (χ2v) is 7.50. The minimum absolute atomic E-state index is 0.0295. The molecule has 2 amide bonds. The summed E-state index contributed by atoms with van der Waals surface area (Å²) in [7, 11) is 1.66. The summed E-state index contributed by atoms with van der Waals surface area (Å²) in [6.07, 6.45) is 1.33. The van der Waals surface area contributed by atoms with Crippen molar-refractivity contribution in [2.75, 3.05) is 20.1 Å². The molecule has 22 heavy (non-hydrogen) atoms. The fourth-order valence-electron chi connectivity index (χ4n) is 2.69. The normalized spacial score (nSPS) is 14.6. The molecule has 1 N–H and O–H groups in total. The van der Waals surface area contributed by atoms with E-state index in [4.69, 9.17) is 0 Å². The molecule has 0 aliphatic carbocycles. The number of carbonyl (C=O) groups is 2. The topological polar surface area (TPSA) is 60.9 Å². The van der Waals surface area contributed by atoms with Crippen molar-refractivity contribution in [2.24, 2.45) is 0 Å². The van der Waals surface area contributed by atoms with E-state index < -0.39 is 5.60 Å². The van der Waals surface area contributed by atoms with Crippen molar-refractivity contribution in [1.29, 1.82) is 0 Å². The van der Waals surface area contributed by atoms with Gasteiger partial charge in [0.1, 0.15) is 0 Å². The van der Waals surface area contributed by atoms with Gasteiger partial charge in [0, 0.05) is 44.4 Å². The van der Waals surface area contributed by atoms with Crippen molar-refractivity contribution in [1.82, 2.24) is 9.80 Å². The quantitative estimate of drug-likeness (QED) is 0.896. The van der Waals surface area contributed by atoms with Crippen LogP contribution in [0.3, 0.4) is 0 Å². The highest BCUT2D eigenvalue weighted by Crippen LogP contribution is 2.24. The molecule has 0 saturated carbocycles. The van der Waals surface area contributed by atoms with E-state index >= 15 is 0 Å². The van der Waals surface area contributed by atoms with E-state index in [1.165, 1.54) is 15.3 Å². The van der Waals surface area contributed by atoms with Gasteiger partial charge in [-0.2, -0.15) is 0 Å². The maximum Gasteiger partial charge on any atom is 0.223 e. The molecule has 0 saturated heterocycles. The molecule has 0 spiro atoms. The number of hydrogen-bond acceptors (Lipinski definition) is 4. The third-order valence-electron chi connectivity index (χ3n) is 3.76. The molecule has 2 rings (SSSR count). The van der Waals surface area contributed by atoms with Crippen LogP contribution in [0.25, 0.3) is 0 Å². The van der Waals surface area contributed by atoms with E-state index in [1.54, 1.807) is 32.2 Å². The SMILES string of the molecule is CN(CC(C)(C)O)C(=O)CCC(=O)N1CCc2sccc2C1. The van der Waals surface area contributed by atoms with Crippen LogP contribution in [0.1, 0.15) is 37.1 Å². The molecule has 1 aromatic heterocycles. The molecule has 1 aromatic rings. The summed E-state index contributed by atoms with van der Waals surface area (Å²) in [5.41, 5.74) is 0.312. The summed E-state index contributed by atoms with van der Waals surface area (Å²) in [6, 6.07) is 2.07. The van der Waals surface area contributed by atoms with E-state index in [0.29, 0.717) is 6.54 Å². The van der Waals surface area contributed by atoms with Gasteiger partial charge in [-0.05, 0) is 37.3 Å². The van der Waals surface area contributed by atoms with Crippen LogP contribution < -0.4 is 0 Å². The fourth-order valence-corrected chi connectivity index (χ4v) is 3.58. The minimum Gasteiger partial charge on any atom is -0.389 e. The number of thiophene rings is 1. The van der Waals surface area contributed by atoms with Crippen LogP contribution in [0.5, 0.6) is 0 Å². The Morgan fingerprint density at radius 1 is 1.41 bits per heavy atom. The number of aliphatic hydroxyl groups is 1. The van der Waals surface area contributed by atoms with Gasteiger partial charge in [0.2, 0.25) is 11.8 Å². The molecular formula is C16H24N2O3S. The molecule has 0 unspecified atom stereocenters. The maximum absolute atomic E-state index is 12.3. The van der Waals surface area contributed by atoms with E-state index in [9.17, 15) is 14.7 Å². The van der Waals surface area contributed by atoms with Crippen LogP contribution >= 0.6 is 11.3 Å². The molecule has 0 atom stereocenters. The summed E-state index contributed by atoms with van der Waals surface area (Å²) >= 11 is 1.74. The van der Waals surface area contributed by atoms with Crippen molar-refractivity contribution in [3.8, 4) is 0 Å². The Hall–Kier alpha value is -1.40. The average Bonchev–Trinajstić information content (AvgIpc) is 2.89. The van der Waals surface area contributed by atoms with Gasteiger partial charge < -0.3 is 14.9 Å². The molecule has 122 valence electrons. The van der Waals surface area contributed by atoms with Crippen molar-refractivity contribution in [2.45, 2.75) is 45.3 Å². The molecule has 2 heterocycles. The van der Waals surface area contributed by atoms with Gasteiger partial charge in [0.25, 0.3) is 0 Å². The summed E-state index contributed by atoms with van der Waals surface area (Å²) in [6.45, 7) is 4.98. The summed E-state index contributed by atoms with van der Waals surface area (Å²) in [4.78, 5) is 28.9. The first-order valence-electron chi connectivity index (χ1n) is 7.55. The highest BCUT2D eigenvalue weighted by atomic mass is 32.1. The Kier molecular flexibility index (Phi) is 5.24. The molecular weight excluding hydrogens is 300 g/mol. The number of carbonyl (C=O) groups excluding carboxylic acids is 2. The molecule has 1 aliphatic heterocycles. The van der Waals surface area contributed by atoms with Crippen molar-refractivity contribution < 1.29 is 14.7 Å². The molecule has 0 aromatic carbocycles. The van der Waals surface area contributed by atoms with Gasteiger partial charge in [-0.1, -0.05) is 0 Å². The zero-order valence-electron chi connectivity index (χ0n) is 13.5. The molecule has 1 aliphatic rings. The predicted molar refractivity (Wildman–Crippen MR) is 86.6 cm³/mol. The Labute approximate surface area is 135 Å². The predicted octanol–water partition coefficient (Wildman–Crippen LogP) is 1.64. The lowest BCUT2D eigenvalue weighted by atomic mass is 10.1. The number of amides is 2. The first kappa shape index (κ1) is 17.0. The van der Waals surface area contributed by atoms with Gasteiger partial charge in [-0.15, -0.1) is 11.3 Å². The third kappa shape index (κ3) is 4.55. The Morgan fingerprint density at radius 3 is 2.82 bits per heavy atom. The molecule has 5 nitrogen and oxygen atoms in total. The van der Waals surface area contributed by atoms with Crippen LogP contribution in [0.4, 0.5) is 0 Å². The first-order chi connectivity index (χ1) is 10.3. The van der Waals surface area contributed by atoms with Crippen LogP contribution in [0.15, 0.2) is 11.4 Å². The van der Waals surface area contributed by atoms with Crippen LogP contribution in [0, 0.1) is 0 Å². The van der Waals surface area contributed by atoms with Gasteiger partial charge in [0.05, 0.1) is 5.60 Å². The van der Waals surface area contributed by atoms with Gasteiger partial charge in [-0.3, -0.25) is 9.59 Å².